The molecule has 1 aromatic heterocycles. The number of carbonyl (C=O) groups excluding carboxylic acids is 1. The molecular weight excluding hydrogens is 250 g/mol. The summed E-state index contributed by atoms with van der Waals surface area (Å²) < 4.78 is 5.21. The molecule has 98 valence electrons. The highest BCUT2D eigenvalue weighted by Gasteiger charge is 2.05. The van der Waals surface area contributed by atoms with Crippen LogP contribution in [-0.2, 0) is 4.79 Å². The molecule has 7 heteroatoms. The lowest BCUT2D eigenvalue weighted by molar-refractivity contribution is -0.118. The zero-order valence-corrected chi connectivity index (χ0v) is 9.80. The molecule has 0 saturated heterocycles. The molecule has 1 heterocycles. The fraction of sp³-hybridized carbons (Fsp3) is 0.0833. The molecule has 19 heavy (non-hydrogen) atoms. The number of rotatable bonds is 4. The van der Waals surface area contributed by atoms with Gasteiger partial charge in [-0.1, -0.05) is 18.2 Å². The highest BCUT2D eigenvalue weighted by atomic mass is 16.5. The van der Waals surface area contributed by atoms with Gasteiger partial charge in [-0.3, -0.25) is 19.6 Å². The van der Waals surface area contributed by atoms with Crippen LogP contribution in [-0.4, -0.2) is 22.5 Å². The quantitative estimate of drug-likeness (QED) is 0.725. The Morgan fingerprint density at radius 3 is 2.58 bits per heavy atom. The third kappa shape index (κ3) is 3.84. The van der Waals surface area contributed by atoms with Crippen molar-refractivity contribution in [3.8, 4) is 5.75 Å². The van der Waals surface area contributed by atoms with E-state index < -0.39 is 17.2 Å². The van der Waals surface area contributed by atoms with Gasteiger partial charge in [0.1, 0.15) is 11.6 Å². The van der Waals surface area contributed by atoms with Crippen molar-refractivity contribution in [3.05, 3.63) is 57.2 Å². The number of benzene rings is 1. The van der Waals surface area contributed by atoms with Crippen LogP contribution in [0.15, 0.2) is 46.0 Å². The van der Waals surface area contributed by atoms with Crippen LogP contribution >= 0.6 is 0 Å². The first-order valence-electron chi connectivity index (χ1n) is 5.45. The van der Waals surface area contributed by atoms with Crippen LogP contribution in [0.1, 0.15) is 0 Å². The number of aromatic amines is 2. The SMILES string of the molecule is O=C(COc1ccccc1)Nc1cc(=O)[nH]c(=O)[nH]1. The van der Waals surface area contributed by atoms with Crippen molar-refractivity contribution in [3.63, 3.8) is 0 Å². The molecule has 0 radical (unpaired) electrons. The Labute approximate surface area is 107 Å². The van der Waals surface area contributed by atoms with Gasteiger partial charge in [-0.05, 0) is 12.1 Å². The Balaban J connectivity index is 1.94. The second kappa shape index (κ2) is 5.67. The number of anilines is 1. The minimum atomic E-state index is -0.688. The smallest absolute Gasteiger partial charge is 0.327 e. The molecule has 0 aliphatic heterocycles. The minimum Gasteiger partial charge on any atom is -0.484 e. The van der Waals surface area contributed by atoms with Crippen molar-refractivity contribution in [2.24, 2.45) is 0 Å². The van der Waals surface area contributed by atoms with Gasteiger partial charge in [0.05, 0.1) is 0 Å². The van der Waals surface area contributed by atoms with Gasteiger partial charge in [0.25, 0.3) is 11.5 Å². The summed E-state index contributed by atoms with van der Waals surface area (Å²) in [6, 6.07) is 9.88. The molecule has 7 nitrogen and oxygen atoms in total. The zero-order valence-electron chi connectivity index (χ0n) is 9.80. The molecule has 0 aliphatic carbocycles. The fourth-order valence-electron chi connectivity index (χ4n) is 1.39. The predicted octanol–water partition coefficient (Wildman–Crippen LogP) is 0.0807. The van der Waals surface area contributed by atoms with Crippen LogP contribution in [0.2, 0.25) is 0 Å². The molecule has 3 N–H and O–H groups in total. The van der Waals surface area contributed by atoms with Crippen LogP contribution in [0.4, 0.5) is 5.82 Å². The monoisotopic (exact) mass is 261 g/mol. The molecule has 0 atom stereocenters. The molecule has 1 aromatic carbocycles. The van der Waals surface area contributed by atoms with Crippen LogP contribution in [0.3, 0.4) is 0 Å². The molecule has 2 aromatic rings. The summed E-state index contributed by atoms with van der Waals surface area (Å²) >= 11 is 0. The Morgan fingerprint density at radius 2 is 1.89 bits per heavy atom. The average Bonchev–Trinajstić information content (AvgIpc) is 2.36. The molecular formula is C12H11N3O4. The number of hydrogen-bond acceptors (Lipinski definition) is 4. The van der Waals surface area contributed by atoms with Gasteiger partial charge in [-0.15, -0.1) is 0 Å². The lowest BCUT2D eigenvalue weighted by atomic mass is 10.3. The molecule has 0 spiro atoms. The van der Waals surface area contributed by atoms with Crippen LogP contribution in [0, 0.1) is 0 Å². The molecule has 0 bridgehead atoms. The molecule has 0 saturated carbocycles. The van der Waals surface area contributed by atoms with Gasteiger partial charge in [0, 0.05) is 6.07 Å². The zero-order chi connectivity index (χ0) is 13.7. The fourth-order valence-corrected chi connectivity index (χ4v) is 1.39. The summed E-state index contributed by atoms with van der Waals surface area (Å²) in [5, 5.41) is 2.35. The summed E-state index contributed by atoms with van der Waals surface area (Å²) in [6.45, 7) is -0.223. The number of ether oxygens (including phenoxy) is 1. The highest BCUT2D eigenvalue weighted by molar-refractivity contribution is 5.90. The van der Waals surface area contributed by atoms with Gasteiger partial charge in [0.15, 0.2) is 6.61 Å². The highest BCUT2D eigenvalue weighted by Crippen LogP contribution is 2.07. The van der Waals surface area contributed by atoms with E-state index in [1.165, 1.54) is 0 Å². The summed E-state index contributed by atoms with van der Waals surface area (Å²) in [7, 11) is 0. The van der Waals surface area contributed by atoms with Crippen molar-refractivity contribution in [1.29, 1.82) is 0 Å². The Bertz CT molecular complexity index is 647. The number of aromatic nitrogens is 2. The van der Waals surface area contributed by atoms with Gasteiger partial charge < -0.3 is 10.1 Å². The summed E-state index contributed by atoms with van der Waals surface area (Å²) in [5.74, 6) is 0.0950. The second-order valence-electron chi connectivity index (χ2n) is 3.65. The van der Waals surface area contributed by atoms with Gasteiger partial charge >= 0.3 is 5.69 Å². The van der Waals surface area contributed by atoms with Gasteiger partial charge in [-0.2, -0.15) is 0 Å². The molecule has 1 amide bonds. The van der Waals surface area contributed by atoms with Crippen LogP contribution in [0.5, 0.6) is 5.75 Å². The maximum Gasteiger partial charge on any atom is 0.327 e. The number of nitrogens with one attached hydrogen (secondary N) is 3. The predicted molar refractivity (Wildman–Crippen MR) is 68.3 cm³/mol. The van der Waals surface area contributed by atoms with E-state index in [1.807, 2.05) is 11.1 Å². The average molecular weight is 261 g/mol. The largest absolute Gasteiger partial charge is 0.484 e. The van der Waals surface area contributed by atoms with E-state index in [2.05, 4.69) is 10.3 Å². The second-order valence-corrected chi connectivity index (χ2v) is 3.65. The van der Waals surface area contributed by atoms with Gasteiger partial charge in [-0.25, -0.2) is 4.79 Å². The first-order valence-corrected chi connectivity index (χ1v) is 5.45. The van der Waals surface area contributed by atoms with E-state index in [-0.39, 0.29) is 12.4 Å². The minimum absolute atomic E-state index is 0.0235. The van der Waals surface area contributed by atoms with Crippen molar-refractivity contribution >= 4 is 11.7 Å². The van der Waals surface area contributed by atoms with E-state index in [4.69, 9.17) is 4.74 Å². The van der Waals surface area contributed by atoms with Crippen LogP contribution < -0.4 is 21.3 Å². The van der Waals surface area contributed by atoms with E-state index in [9.17, 15) is 14.4 Å². The summed E-state index contributed by atoms with van der Waals surface area (Å²) in [4.78, 5) is 37.8. The number of carbonyl (C=O) groups is 1. The van der Waals surface area contributed by atoms with E-state index in [0.717, 1.165) is 6.07 Å². The number of para-hydroxylation sites is 1. The van der Waals surface area contributed by atoms with E-state index in [0.29, 0.717) is 5.75 Å². The Morgan fingerprint density at radius 1 is 1.16 bits per heavy atom. The molecule has 2 rings (SSSR count). The molecule has 0 aliphatic rings. The maximum atomic E-state index is 11.5. The lowest BCUT2D eigenvalue weighted by Gasteiger charge is -2.06. The van der Waals surface area contributed by atoms with E-state index >= 15 is 0 Å². The van der Waals surface area contributed by atoms with Gasteiger partial charge in [0.2, 0.25) is 0 Å². The first kappa shape index (κ1) is 12.6. The Kier molecular flexibility index (Phi) is 3.77. The number of H-pyrrole nitrogens is 2. The summed E-state index contributed by atoms with van der Waals surface area (Å²) in [5.41, 5.74) is -1.28. The standard InChI is InChI=1S/C12H11N3O4/c16-10-6-9(14-12(18)15-10)13-11(17)7-19-8-4-2-1-3-5-8/h1-6H,7H2,(H3,13,14,15,16,17,18). The summed E-state index contributed by atoms with van der Waals surface area (Å²) in [6.07, 6.45) is 0. The van der Waals surface area contributed by atoms with E-state index in [1.54, 1.807) is 24.3 Å². The molecule has 0 unspecified atom stereocenters. The molecule has 0 fully saturated rings. The van der Waals surface area contributed by atoms with Crippen molar-refractivity contribution in [2.75, 3.05) is 11.9 Å². The topological polar surface area (TPSA) is 104 Å². The number of hydrogen-bond donors (Lipinski definition) is 3. The van der Waals surface area contributed by atoms with Crippen molar-refractivity contribution in [2.45, 2.75) is 0 Å². The Hall–Kier alpha value is -2.83. The number of amides is 1. The lowest BCUT2D eigenvalue weighted by Crippen LogP contribution is -2.27. The van der Waals surface area contributed by atoms with Crippen LogP contribution in [0.25, 0.3) is 0 Å². The van der Waals surface area contributed by atoms with Crippen molar-refractivity contribution in [1.82, 2.24) is 9.97 Å². The van der Waals surface area contributed by atoms with Crippen molar-refractivity contribution < 1.29 is 9.53 Å². The normalized spacial score (nSPS) is 9.89. The third-order valence-electron chi connectivity index (χ3n) is 2.15. The third-order valence-corrected chi connectivity index (χ3v) is 2.15. The maximum absolute atomic E-state index is 11.5. The first-order chi connectivity index (χ1) is 9.13.